The lowest BCUT2D eigenvalue weighted by Gasteiger charge is -2.14. The van der Waals surface area contributed by atoms with Gasteiger partial charge < -0.3 is 20.5 Å². The van der Waals surface area contributed by atoms with Gasteiger partial charge in [-0.25, -0.2) is 4.79 Å². The number of primary amides is 1. The quantitative estimate of drug-likeness (QED) is 0.423. The number of benzene rings is 2. The predicted molar refractivity (Wildman–Crippen MR) is 115 cm³/mol. The second-order valence-corrected chi connectivity index (χ2v) is 6.36. The van der Waals surface area contributed by atoms with Gasteiger partial charge in [-0.1, -0.05) is 29.8 Å². The number of hydrogen-bond acceptors (Lipinski definition) is 6. The molecule has 0 aliphatic carbocycles. The van der Waals surface area contributed by atoms with Crippen molar-refractivity contribution in [3.8, 4) is 17.6 Å². The minimum atomic E-state index is -1.09. The lowest BCUT2D eigenvalue weighted by molar-refractivity contribution is -0.118. The van der Waals surface area contributed by atoms with Gasteiger partial charge in [0.2, 0.25) is 0 Å². The third kappa shape index (κ3) is 7.06. The monoisotopic (exact) mass is 442 g/mol. The molecule has 2 aromatic carbocycles. The van der Waals surface area contributed by atoms with Gasteiger partial charge in [0.15, 0.2) is 18.1 Å². The van der Waals surface area contributed by atoms with Gasteiger partial charge in [0.25, 0.3) is 11.8 Å². The van der Waals surface area contributed by atoms with Crippen LogP contribution in [0.5, 0.6) is 11.5 Å². The minimum absolute atomic E-state index is 0.0947. The number of ether oxygens (including phenoxy) is 2. The summed E-state index contributed by atoms with van der Waals surface area (Å²) in [4.78, 5) is 34.8. The molecular weight excluding hydrogens is 424 g/mol. The molecule has 10 heteroatoms. The van der Waals surface area contributed by atoms with Crippen molar-refractivity contribution in [3.63, 3.8) is 0 Å². The first-order valence-electron chi connectivity index (χ1n) is 9.00. The van der Waals surface area contributed by atoms with Gasteiger partial charge in [-0.3, -0.25) is 14.9 Å². The lowest BCUT2D eigenvalue weighted by Crippen LogP contribution is -2.35. The standard InChI is InChI=1S/C21H19ClN4O5/c1-2-30-17-10-13(8-14(11-23)20(28)26-21(24)29)9-16(22)19(17)31-12-18(27)25-15-6-4-3-5-7-15/h3-10H,2,12H2,1H3,(H,25,27)(H3,24,26,28,29)/b14-8-. The van der Waals surface area contributed by atoms with Crippen LogP contribution in [0, 0.1) is 11.3 Å². The zero-order chi connectivity index (χ0) is 22.8. The molecule has 2 aromatic rings. The molecule has 0 saturated carbocycles. The van der Waals surface area contributed by atoms with E-state index < -0.39 is 17.8 Å². The predicted octanol–water partition coefficient (Wildman–Crippen LogP) is 2.86. The molecule has 0 bridgehead atoms. The number of para-hydroxylation sites is 1. The zero-order valence-electron chi connectivity index (χ0n) is 16.5. The summed E-state index contributed by atoms with van der Waals surface area (Å²) < 4.78 is 11.1. The average molecular weight is 443 g/mol. The first-order valence-corrected chi connectivity index (χ1v) is 9.38. The van der Waals surface area contributed by atoms with Crippen molar-refractivity contribution < 1.29 is 23.9 Å². The number of halogens is 1. The van der Waals surface area contributed by atoms with Gasteiger partial charge in [-0.05, 0) is 42.8 Å². The highest BCUT2D eigenvalue weighted by Crippen LogP contribution is 2.37. The van der Waals surface area contributed by atoms with Gasteiger partial charge in [0.05, 0.1) is 11.6 Å². The fourth-order valence-corrected chi connectivity index (χ4v) is 2.70. The molecule has 0 aliphatic heterocycles. The van der Waals surface area contributed by atoms with E-state index in [0.29, 0.717) is 11.3 Å². The molecule has 4 amide bonds. The minimum Gasteiger partial charge on any atom is -0.490 e. The van der Waals surface area contributed by atoms with Crippen LogP contribution in [0.25, 0.3) is 6.08 Å². The number of carbonyl (C=O) groups excluding carboxylic acids is 3. The SMILES string of the molecule is CCOc1cc(/C=C(/C#N)C(=O)NC(N)=O)cc(Cl)c1OCC(=O)Nc1ccccc1. The van der Waals surface area contributed by atoms with E-state index in [2.05, 4.69) is 5.32 Å². The second-order valence-electron chi connectivity index (χ2n) is 5.95. The first-order chi connectivity index (χ1) is 14.8. The van der Waals surface area contributed by atoms with Crippen LogP contribution >= 0.6 is 11.6 Å². The summed E-state index contributed by atoms with van der Waals surface area (Å²) in [6.07, 6.45) is 1.21. The average Bonchev–Trinajstić information content (AvgIpc) is 2.71. The van der Waals surface area contributed by atoms with Crippen molar-refractivity contribution in [2.24, 2.45) is 5.73 Å². The van der Waals surface area contributed by atoms with Crippen molar-refractivity contribution in [3.05, 3.63) is 58.6 Å². The van der Waals surface area contributed by atoms with Gasteiger partial charge in [-0.15, -0.1) is 0 Å². The van der Waals surface area contributed by atoms with E-state index in [-0.39, 0.29) is 35.3 Å². The largest absolute Gasteiger partial charge is 0.490 e. The number of hydrogen-bond donors (Lipinski definition) is 3. The summed E-state index contributed by atoms with van der Waals surface area (Å²) in [7, 11) is 0. The summed E-state index contributed by atoms with van der Waals surface area (Å²) in [6, 6.07) is 12.4. The Bertz CT molecular complexity index is 1050. The Morgan fingerprint density at radius 2 is 1.90 bits per heavy atom. The molecule has 0 saturated heterocycles. The van der Waals surface area contributed by atoms with Gasteiger partial charge >= 0.3 is 6.03 Å². The number of nitriles is 1. The molecule has 0 aliphatic rings. The van der Waals surface area contributed by atoms with Crippen LogP contribution in [0.2, 0.25) is 5.02 Å². The molecule has 0 aromatic heterocycles. The summed E-state index contributed by atoms with van der Waals surface area (Å²) in [5, 5.41) is 13.8. The number of amides is 4. The van der Waals surface area contributed by atoms with Crippen molar-refractivity contribution >= 4 is 41.2 Å². The highest BCUT2D eigenvalue weighted by Gasteiger charge is 2.16. The maximum absolute atomic E-state index is 12.1. The second kappa shape index (κ2) is 11.2. The number of urea groups is 1. The lowest BCUT2D eigenvalue weighted by atomic mass is 10.1. The molecule has 0 atom stereocenters. The van der Waals surface area contributed by atoms with Crippen molar-refractivity contribution in [1.82, 2.24) is 5.32 Å². The highest BCUT2D eigenvalue weighted by atomic mass is 35.5. The summed E-state index contributed by atoms with van der Waals surface area (Å²) in [6.45, 7) is 1.68. The Labute approximate surface area is 183 Å². The smallest absolute Gasteiger partial charge is 0.319 e. The normalized spacial score (nSPS) is 10.5. The van der Waals surface area contributed by atoms with E-state index in [1.165, 1.54) is 18.2 Å². The summed E-state index contributed by atoms with van der Waals surface area (Å²) >= 11 is 6.28. The fraction of sp³-hybridized carbons (Fsp3) is 0.143. The van der Waals surface area contributed by atoms with Crippen LogP contribution in [0.1, 0.15) is 12.5 Å². The molecule has 31 heavy (non-hydrogen) atoms. The van der Waals surface area contributed by atoms with E-state index in [4.69, 9.17) is 32.1 Å². The van der Waals surface area contributed by atoms with E-state index in [0.717, 1.165) is 0 Å². The Hall–Kier alpha value is -4.03. The Kier molecular flexibility index (Phi) is 8.42. The molecule has 2 rings (SSSR count). The topological polar surface area (TPSA) is 144 Å². The highest BCUT2D eigenvalue weighted by molar-refractivity contribution is 6.32. The van der Waals surface area contributed by atoms with Gasteiger partial charge in [-0.2, -0.15) is 5.26 Å². The first kappa shape index (κ1) is 23.3. The number of nitrogens with one attached hydrogen (secondary N) is 2. The van der Waals surface area contributed by atoms with E-state index >= 15 is 0 Å². The van der Waals surface area contributed by atoms with Gasteiger partial charge in [0.1, 0.15) is 11.6 Å². The molecule has 0 heterocycles. The third-order valence-electron chi connectivity index (χ3n) is 3.65. The Morgan fingerprint density at radius 3 is 2.52 bits per heavy atom. The maximum Gasteiger partial charge on any atom is 0.319 e. The number of nitrogens with two attached hydrogens (primary N) is 1. The Balaban J connectivity index is 2.22. The summed E-state index contributed by atoms with van der Waals surface area (Å²) in [5.41, 5.74) is 5.48. The van der Waals surface area contributed by atoms with Crippen molar-refractivity contribution in [2.75, 3.05) is 18.5 Å². The van der Waals surface area contributed by atoms with Crippen LogP contribution in [-0.4, -0.2) is 31.1 Å². The number of carbonyl (C=O) groups is 3. The van der Waals surface area contributed by atoms with E-state index in [9.17, 15) is 14.4 Å². The number of anilines is 1. The Morgan fingerprint density at radius 1 is 1.19 bits per heavy atom. The number of rotatable bonds is 8. The van der Waals surface area contributed by atoms with Gasteiger partial charge in [0, 0.05) is 5.69 Å². The van der Waals surface area contributed by atoms with E-state index in [1.54, 1.807) is 37.3 Å². The molecule has 160 valence electrons. The molecule has 0 spiro atoms. The molecule has 0 radical (unpaired) electrons. The van der Waals surface area contributed by atoms with Crippen molar-refractivity contribution in [1.29, 1.82) is 5.26 Å². The zero-order valence-corrected chi connectivity index (χ0v) is 17.2. The summed E-state index contributed by atoms with van der Waals surface area (Å²) in [5.74, 6) is -1.02. The molecule has 9 nitrogen and oxygen atoms in total. The van der Waals surface area contributed by atoms with E-state index in [1.807, 2.05) is 11.4 Å². The van der Waals surface area contributed by atoms with Crippen LogP contribution in [-0.2, 0) is 9.59 Å². The maximum atomic E-state index is 12.1. The molecule has 0 unspecified atom stereocenters. The van der Waals surface area contributed by atoms with Crippen LogP contribution in [0.3, 0.4) is 0 Å². The molecule has 0 fully saturated rings. The number of imide groups is 1. The van der Waals surface area contributed by atoms with Crippen LogP contribution in [0.4, 0.5) is 10.5 Å². The number of nitrogens with zero attached hydrogens (tertiary/aromatic N) is 1. The molecular formula is C21H19ClN4O5. The van der Waals surface area contributed by atoms with Crippen LogP contribution in [0.15, 0.2) is 48.0 Å². The molecule has 4 N–H and O–H groups in total. The third-order valence-corrected chi connectivity index (χ3v) is 3.93. The fourth-order valence-electron chi connectivity index (χ4n) is 2.43. The van der Waals surface area contributed by atoms with Crippen LogP contribution < -0.4 is 25.8 Å². The van der Waals surface area contributed by atoms with Crippen molar-refractivity contribution in [2.45, 2.75) is 6.92 Å².